The van der Waals surface area contributed by atoms with Gasteiger partial charge in [-0.05, 0) is 60.0 Å². The van der Waals surface area contributed by atoms with E-state index in [4.69, 9.17) is 4.74 Å². The van der Waals surface area contributed by atoms with Gasteiger partial charge in [0.05, 0.1) is 18.4 Å². The van der Waals surface area contributed by atoms with Crippen molar-refractivity contribution in [3.63, 3.8) is 0 Å². The van der Waals surface area contributed by atoms with Crippen LogP contribution in [0, 0.1) is 0 Å². The van der Waals surface area contributed by atoms with Crippen molar-refractivity contribution in [2.75, 3.05) is 19.7 Å². The van der Waals surface area contributed by atoms with Gasteiger partial charge in [0.25, 0.3) is 5.56 Å². The highest BCUT2D eigenvalue weighted by atomic mass is 79.9. The van der Waals surface area contributed by atoms with Crippen molar-refractivity contribution in [2.24, 2.45) is 0 Å². The summed E-state index contributed by atoms with van der Waals surface area (Å²) in [5.74, 6) is 0. The molecule has 3 heterocycles. The Balaban J connectivity index is 1.75. The molecule has 0 unspecified atom stereocenters. The van der Waals surface area contributed by atoms with Crippen LogP contribution in [0.4, 0.5) is 4.39 Å². The van der Waals surface area contributed by atoms with Gasteiger partial charge in [-0.15, -0.1) is 0 Å². The van der Waals surface area contributed by atoms with Crippen molar-refractivity contribution >= 4 is 27.3 Å². The van der Waals surface area contributed by atoms with E-state index in [0.717, 1.165) is 35.5 Å². The van der Waals surface area contributed by atoms with E-state index in [1.165, 1.54) is 18.2 Å². The lowest BCUT2D eigenvalue weighted by molar-refractivity contribution is 0.00252. The molecule has 4 rings (SSSR count). The molecule has 0 aliphatic carbocycles. The van der Waals surface area contributed by atoms with Crippen LogP contribution in [-0.2, 0) is 10.4 Å². The molecule has 0 bridgehead atoms. The number of aromatic nitrogens is 2. The smallest absolute Gasteiger partial charge is 0.272 e. The van der Waals surface area contributed by atoms with Crippen LogP contribution in [0.5, 0.6) is 0 Å². The van der Waals surface area contributed by atoms with Gasteiger partial charge in [-0.25, -0.2) is 9.37 Å². The monoisotopic (exact) mass is 485 g/mol. The largest absolute Gasteiger partial charge is 0.375 e. The number of nitrogens with zero attached hydrogens (tertiary/aromatic N) is 3. The van der Waals surface area contributed by atoms with Crippen LogP contribution in [0.15, 0.2) is 58.4 Å². The number of fused-ring (bicyclic) bond motifs is 1. The molecular weight excluding hydrogens is 461 g/mol. The molecule has 3 aromatic rings. The molecular formula is C24H25BrFN3O2. The van der Waals surface area contributed by atoms with Crippen molar-refractivity contribution in [1.82, 2.24) is 14.3 Å². The van der Waals surface area contributed by atoms with Crippen molar-refractivity contribution in [2.45, 2.75) is 32.5 Å². The maximum absolute atomic E-state index is 14.7. The quantitative estimate of drug-likeness (QED) is 0.520. The normalized spacial score (nSPS) is 17.2. The van der Waals surface area contributed by atoms with Crippen molar-refractivity contribution in [3.8, 4) is 11.1 Å². The Morgan fingerprint density at radius 2 is 2.00 bits per heavy atom. The number of hydrogen-bond acceptors (Lipinski definition) is 4. The number of alkyl halides is 1. The Hall–Kier alpha value is -2.51. The van der Waals surface area contributed by atoms with E-state index in [0.29, 0.717) is 12.3 Å². The third-order valence-electron chi connectivity index (χ3n) is 5.51. The Morgan fingerprint density at radius 3 is 2.65 bits per heavy atom. The minimum atomic E-state index is -1.75. The Morgan fingerprint density at radius 1 is 1.29 bits per heavy atom. The molecule has 5 nitrogen and oxygen atoms in total. The second kappa shape index (κ2) is 8.20. The maximum Gasteiger partial charge on any atom is 0.272 e. The summed E-state index contributed by atoms with van der Waals surface area (Å²) >= 11 is 3.23. The third kappa shape index (κ3) is 4.16. The van der Waals surface area contributed by atoms with Gasteiger partial charge in [0, 0.05) is 30.5 Å². The molecule has 0 saturated carbocycles. The molecule has 0 N–H and O–H groups in total. The lowest BCUT2D eigenvalue weighted by Gasteiger charge is -2.34. The lowest BCUT2D eigenvalue weighted by Crippen LogP contribution is -2.39. The minimum absolute atomic E-state index is 0.0939. The molecule has 0 spiro atoms. The van der Waals surface area contributed by atoms with Crippen LogP contribution in [0.2, 0.25) is 0 Å². The molecule has 1 aliphatic heterocycles. The van der Waals surface area contributed by atoms with Crippen LogP contribution in [0.1, 0.15) is 32.0 Å². The Labute approximate surface area is 189 Å². The average molecular weight is 486 g/mol. The van der Waals surface area contributed by atoms with E-state index in [9.17, 15) is 9.18 Å². The number of morpholine rings is 1. The SMILES string of the molecule is C=C(c1ccc(-c2cccn3c(=O)c(Br)c(C(C)(C)F)nc23)cc1)N1CCO[C@H](C)C1. The summed E-state index contributed by atoms with van der Waals surface area (Å²) in [5.41, 5.74) is 2.06. The van der Waals surface area contributed by atoms with E-state index in [-0.39, 0.29) is 21.8 Å². The lowest BCUT2D eigenvalue weighted by atomic mass is 10.0. The first-order valence-electron chi connectivity index (χ1n) is 10.2. The van der Waals surface area contributed by atoms with Gasteiger partial charge in [0.1, 0.15) is 15.8 Å². The summed E-state index contributed by atoms with van der Waals surface area (Å²) in [5, 5.41) is 0. The number of benzene rings is 1. The summed E-state index contributed by atoms with van der Waals surface area (Å²) in [6, 6.07) is 11.7. The molecule has 0 amide bonds. The van der Waals surface area contributed by atoms with Gasteiger partial charge in [-0.2, -0.15) is 0 Å². The van der Waals surface area contributed by atoms with Crippen LogP contribution >= 0.6 is 15.9 Å². The van der Waals surface area contributed by atoms with E-state index in [1.54, 1.807) is 12.3 Å². The summed E-state index contributed by atoms with van der Waals surface area (Å²) in [4.78, 5) is 19.6. The van der Waals surface area contributed by atoms with Crippen LogP contribution in [-0.4, -0.2) is 40.1 Å². The number of hydrogen-bond donors (Lipinski definition) is 0. The summed E-state index contributed by atoms with van der Waals surface area (Å²) in [7, 11) is 0. The first-order chi connectivity index (χ1) is 14.7. The predicted octanol–water partition coefficient (Wildman–Crippen LogP) is 5.02. The zero-order valence-corrected chi connectivity index (χ0v) is 19.4. The fourth-order valence-corrected chi connectivity index (χ4v) is 4.60. The van der Waals surface area contributed by atoms with E-state index >= 15 is 0 Å². The van der Waals surface area contributed by atoms with Gasteiger partial charge in [0.2, 0.25) is 0 Å². The van der Waals surface area contributed by atoms with Crippen molar-refractivity contribution in [3.05, 3.63) is 75.3 Å². The van der Waals surface area contributed by atoms with E-state index in [2.05, 4.69) is 39.3 Å². The third-order valence-corrected chi connectivity index (χ3v) is 6.23. The first kappa shape index (κ1) is 21.7. The van der Waals surface area contributed by atoms with Crippen LogP contribution < -0.4 is 5.56 Å². The molecule has 1 fully saturated rings. The highest BCUT2D eigenvalue weighted by molar-refractivity contribution is 9.10. The zero-order chi connectivity index (χ0) is 22.3. The van der Waals surface area contributed by atoms with E-state index in [1.807, 2.05) is 30.3 Å². The van der Waals surface area contributed by atoms with E-state index < -0.39 is 5.67 Å². The zero-order valence-electron chi connectivity index (χ0n) is 17.9. The summed E-state index contributed by atoms with van der Waals surface area (Å²) < 4.78 is 21.9. The minimum Gasteiger partial charge on any atom is -0.375 e. The second-order valence-electron chi connectivity index (χ2n) is 8.32. The maximum atomic E-state index is 14.7. The number of halogens is 2. The van der Waals surface area contributed by atoms with Gasteiger partial charge < -0.3 is 9.64 Å². The topological polar surface area (TPSA) is 46.8 Å². The Kier molecular flexibility index (Phi) is 5.75. The molecule has 31 heavy (non-hydrogen) atoms. The molecule has 0 radical (unpaired) electrons. The Bertz CT molecular complexity index is 1200. The number of rotatable bonds is 4. The highest BCUT2D eigenvalue weighted by Crippen LogP contribution is 2.31. The second-order valence-corrected chi connectivity index (χ2v) is 9.11. The van der Waals surface area contributed by atoms with Gasteiger partial charge >= 0.3 is 0 Å². The number of ether oxygens (including phenoxy) is 1. The molecule has 1 saturated heterocycles. The van der Waals surface area contributed by atoms with Crippen molar-refractivity contribution in [1.29, 1.82) is 0 Å². The van der Waals surface area contributed by atoms with Gasteiger partial charge in [0.15, 0.2) is 0 Å². The molecule has 1 atom stereocenters. The highest BCUT2D eigenvalue weighted by Gasteiger charge is 2.27. The fraction of sp³-hybridized carbons (Fsp3) is 0.333. The molecule has 7 heteroatoms. The van der Waals surface area contributed by atoms with Gasteiger partial charge in [-0.1, -0.05) is 30.8 Å². The molecule has 1 aliphatic rings. The van der Waals surface area contributed by atoms with Crippen LogP contribution in [0.3, 0.4) is 0 Å². The predicted molar refractivity (Wildman–Crippen MR) is 125 cm³/mol. The average Bonchev–Trinajstić information content (AvgIpc) is 2.74. The summed E-state index contributed by atoms with van der Waals surface area (Å²) in [6.45, 7) is 11.4. The molecule has 162 valence electrons. The molecule has 2 aromatic heterocycles. The number of pyridine rings is 1. The van der Waals surface area contributed by atoms with Crippen LogP contribution in [0.25, 0.3) is 22.5 Å². The summed E-state index contributed by atoms with van der Waals surface area (Å²) in [6.07, 6.45) is 1.82. The molecule has 1 aromatic carbocycles. The van der Waals surface area contributed by atoms with Gasteiger partial charge in [-0.3, -0.25) is 9.20 Å². The van der Waals surface area contributed by atoms with Crippen molar-refractivity contribution < 1.29 is 9.13 Å². The standard InChI is InChI=1S/C24H25BrFN3O2/c1-15-14-28(12-13-31-15)16(2)17-7-9-18(10-8-17)19-6-5-11-29-22(19)27-21(24(3,4)26)20(25)23(29)30/h5-11,15H,2,12-14H2,1,3-4H3/t15-/m1/s1. The fourth-order valence-electron chi connectivity index (χ4n) is 3.85. The first-order valence-corrected chi connectivity index (χ1v) is 11.0.